The second-order valence-electron chi connectivity index (χ2n) is 4.54. The van der Waals surface area contributed by atoms with Gasteiger partial charge in [0.05, 0.1) is 12.2 Å². The van der Waals surface area contributed by atoms with E-state index < -0.39 is 16.0 Å². The number of sulfonamides is 1. The third kappa shape index (κ3) is 4.53. The lowest BCUT2D eigenvalue weighted by molar-refractivity contribution is 0.0696. The van der Waals surface area contributed by atoms with Crippen molar-refractivity contribution in [2.75, 3.05) is 6.61 Å². The molecule has 106 valence electrons. The fourth-order valence-electron chi connectivity index (χ4n) is 1.39. The minimum atomic E-state index is -4.03. The van der Waals surface area contributed by atoms with Gasteiger partial charge in [-0.1, -0.05) is 13.8 Å². The van der Waals surface area contributed by atoms with Crippen molar-refractivity contribution >= 4 is 16.0 Å². The summed E-state index contributed by atoms with van der Waals surface area (Å²) in [6.07, 6.45) is 0.755. The van der Waals surface area contributed by atoms with Crippen LogP contribution in [0, 0.1) is 5.92 Å². The molecule has 19 heavy (non-hydrogen) atoms. The van der Waals surface area contributed by atoms with Crippen LogP contribution in [0.1, 0.15) is 30.6 Å². The number of carboxylic acids is 1. The lowest BCUT2D eigenvalue weighted by Gasteiger charge is -2.12. The zero-order valence-electron chi connectivity index (χ0n) is 10.8. The third-order valence-corrected chi connectivity index (χ3v) is 3.38. The average molecular weight is 287 g/mol. The molecule has 0 fully saturated rings. The molecule has 6 nitrogen and oxygen atoms in total. The molecule has 0 aromatic heterocycles. The van der Waals surface area contributed by atoms with Crippen LogP contribution < -0.4 is 9.88 Å². The van der Waals surface area contributed by atoms with Crippen LogP contribution in [-0.2, 0) is 10.0 Å². The molecule has 0 bridgehead atoms. The van der Waals surface area contributed by atoms with Gasteiger partial charge in [0.25, 0.3) is 0 Å². The van der Waals surface area contributed by atoms with Gasteiger partial charge in [-0.2, -0.15) is 0 Å². The number of carboxylic acid groups (broad SMARTS) is 1. The number of rotatable bonds is 6. The molecule has 0 saturated carbocycles. The predicted octanol–water partition coefficient (Wildman–Crippen LogP) is 1.46. The summed E-state index contributed by atoms with van der Waals surface area (Å²) in [6.45, 7) is 4.36. The number of ether oxygens (including phenoxy) is 1. The molecule has 0 atom stereocenters. The van der Waals surface area contributed by atoms with Crippen LogP contribution in [0.4, 0.5) is 0 Å². The minimum Gasteiger partial charge on any atom is -0.492 e. The highest BCUT2D eigenvalue weighted by molar-refractivity contribution is 7.89. The molecular weight excluding hydrogens is 270 g/mol. The van der Waals surface area contributed by atoms with Gasteiger partial charge >= 0.3 is 5.97 Å². The molecule has 0 radical (unpaired) electrons. The molecule has 0 spiro atoms. The van der Waals surface area contributed by atoms with Crippen molar-refractivity contribution in [3.63, 3.8) is 0 Å². The van der Waals surface area contributed by atoms with Gasteiger partial charge in [0, 0.05) is 0 Å². The zero-order valence-corrected chi connectivity index (χ0v) is 11.6. The first-order valence-corrected chi connectivity index (χ1v) is 7.29. The molecule has 7 heteroatoms. The Labute approximate surface area is 112 Å². The Hall–Kier alpha value is -1.60. The first-order valence-electron chi connectivity index (χ1n) is 5.74. The number of benzene rings is 1. The monoisotopic (exact) mass is 287 g/mol. The highest BCUT2D eigenvalue weighted by Gasteiger charge is 2.18. The standard InChI is InChI=1S/C12H17NO5S/c1-8(2)5-6-18-10-4-3-9(12(14)15)7-11(10)19(13,16)17/h3-4,7-8H,5-6H2,1-2H3,(H,14,15)(H2,13,16,17). The number of nitrogens with two attached hydrogens (primary N) is 1. The Bertz CT molecular complexity index is 565. The van der Waals surface area contributed by atoms with Gasteiger partial charge in [-0.25, -0.2) is 18.4 Å². The minimum absolute atomic E-state index is 0.0770. The second kappa shape index (κ2) is 6.03. The Balaban J connectivity index is 3.07. The van der Waals surface area contributed by atoms with Gasteiger partial charge in [-0.05, 0) is 30.5 Å². The molecule has 0 amide bonds. The van der Waals surface area contributed by atoms with Gasteiger partial charge in [0.2, 0.25) is 10.0 Å². The summed E-state index contributed by atoms with van der Waals surface area (Å²) < 4.78 is 28.2. The van der Waals surface area contributed by atoms with Gasteiger partial charge < -0.3 is 9.84 Å². The van der Waals surface area contributed by atoms with Crippen molar-refractivity contribution in [1.82, 2.24) is 0 Å². The van der Waals surface area contributed by atoms with Gasteiger partial charge in [-0.15, -0.1) is 0 Å². The van der Waals surface area contributed by atoms with Crippen molar-refractivity contribution in [3.8, 4) is 5.75 Å². The predicted molar refractivity (Wildman–Crippen MR) is 69.7 cm³/mol. The van der Waals surface area contributed by atoms with Gasteiger partial charge in [0.15, 0.2) is 0 Å². The Morgan fingerprint density at radius 3 is 2.53 bits per heavy atom. The molecule has 0 saturated heterocycles. The molecular formula is C12H17NO5S. The maximum Gasteiger partial charge on any atom is 0.335 e. The molecule has 0 aliphatic carbocycles. The highest BCUT2D eigenvalue weighted by atomic mass is 32.2. The zero-order chi connectivity index (χ0) is 14.6. The maximum atomic E-state index is 11.4. The van der Waals surface area contributed by atoms with Gasteiger partial charge in [-0.3, -0.25) is 0 Å². The summed E-state index contributed by atoms with van der Waals surface area (Å²) in [5.41, 5.74) is -0.153. The van der Waals surface area contributed by atoms with E-state index >= 15 is 0 Å². The van der Waals surface area contributed by atoms with Crippen LogP contribution in [-0.4, -0.2) is 26.1 Å². The molecule has 1 rings (SSSR count). The van der Waals surface area contributed by atoms with Crippen LogP contribution in [0.3, 0.4) is 0 Å². The fourth-order valence-corrected chi connectivity index (χ4v) is 2.09. The summed E-state index contributed by atoms with van der Waals surface area (Å²) in [7, 11) is -4.03. The number of carbonyl (C=O) groups is 1. The summed E-state index contributed by atoms with van der Waals surface area (Å²) >= 11 is 0. The smallest absolute Gasteiger partial charge is 0.335 e. The number of hydrogen-bond donors (Lipinski definition) is 2. The van der Waals surface area contributed by atoms with E-state index in [-0.39, 0.29) is 16.2 Å². The van der Waals surface area contributed by atoms with E-state index in [1.165, 1.54) is 12.1 Å². The second-order valence-corrected chi connectivity index (χ2v) is 6.07. The van der Waals surface area contributed by atoms with Crippen molar-refractivity contribution < 1.29 is 23.1 Å². The topological polar surface area (TPSA) is 107 Å². The normalized spacial score (nSPS) is 11.6. The van der Waals surface area contributed by atoms with Crippen molar-refractivity contribution in [3.05, 3.63) is 23.8 Å². The first kappa shape index (κ1) is 15.5. The molecule has 3 N–H and O–H groups in total. The quantitative estimate of drug-likeness (QED) is 0.823. The molecule has 1 aromatic carbocycles. The van der Waals surface area contributed by atoms with Crippen molar-refractivity contribution in [1.29, 1.82) is 0 Å². The molecule has 0 aliphatic heterocycles. The summed E-state index contributed by atoms with van der Waals surface area (Å²) in [4.78, 5) is 10.5. The van der Waals surface area contributed by atoms with Crippen LogP contribution in [0.15, 0.2) is 23.1 Å². The summed E-state index contributed by atoms with van der Waals surface area (Å²) in [6, 6.07) is 3.59. The molecule has 0 aliphatic rings. The Morgan fingerprint density at radius 1 is 1.42 bits per heavy atom. The Kier molecular flexibility index (Phi) is 4.90. The van der Waals surface area contributed by atoms with E-state index in [1.807, 2.05) is 13.8 Å². The molecule has 0 heterocycles. The number of hydrogen-bond acceptors (Lipinski definition) is 4. The molecule has 0 unspecified atom stereocenters. The number of aromatic carboxylic acids is 1. The van der Waals surface area contributed by atoms with E-state index in [9.17, 15) is 13.2 Å². The van der Waals surface area contributed by atoms with Crippen molar-refractivity contribution in [2.24, 2.45) is 11.1 Å². The van der Waals surface area contributed by atoms with Gasteiger partial charge in [0.1, 0.15) is 10.6 Å². The van der Waals surface area contributed by atoms with Crippen LogP contribution >= 0.6 is 0 Å². The SMILES string of the molecule is CC(C)CCOc1ccc(C(=O)O)cc1S(N)(=O)=O. The first-order chi connectivity index (χ1) is 8.71. The van der Waals surface area contributed by atoms with E-state index in [0.29, 0.717) is 12.5 Å². The van der Waals surface area contributed by atoms with E-state index in [1.54, 1.807) is 0 Å². The third-order valence-electron chi connectivity index (χ3n) is 2.45. The average Bonchev–Trinajstić information content (AvgIpc) is 2.27. The number of primary sulfonamides is 1. The Morgan fingerprint density at radius 2 is 2.05 bits per heavy atom. The van der Waals surface area contributed by atoms with Crippen molar-refractivity contribution in [2.45, 2.75) is 25.2 Å². The summed E-state index contributed by atoms with van der Waals surface area (Å²) in [5.74, 6) is -0.733. The summed E-state index contributed by atoms with van der Waals surface area (Å²) in [5, 5.41) is 13.9. The van der Waals surface area contributed by atoms with E-state index in [0.717, 1.165) is 12.5 Å². The van der Waals surface area contributed by atoms with E-state index in [2.05, 4.69) is 0 Å². The largest absolute Gasteiger partial charge is 0.492 e. The lowest BCUT2D eigenvalue weighted by Crippen LogP contribution is -2.15. The van der Waals surface area contributed by atoms with Crippen LogP contribution in [0.2, 0.25) is 0 Å². The lowest BCUT2D eigenvalue weighted by atomic mass is 10.1. The van der Waals surface area contributed by atoms with E-state index in [4.69, 9.17) is 15.0 Å². The highest BCUT2D eigenvalue weighted by Crippen LogP contribution is 2.24. The molecule has 1 aromatic rings. The van der Waals surface area contributed by atoms with Crippen LogP contribution in [0.5, 0.6) is 5.75 Å². The maximum absolute atomic E-state index is 11.4. The van der Waals surface area contributed by atoms with Crippen LogP contribution in [0.25, 0.3) is 0 Å². The fraction of sp³-hybridized carbons (Fsp3) is 0.417.